The van der Waals surface area contributed by atoms with Crippen LogP contribution in [0.1, 0.15) is 31.7 Å². The summed E-state index contributed by atoms with van der Waals surface area (Å²) >= 11 is 1.05. The maximum atomic E-state index is 12.0. The van der Waals surface area contributed by atoms with Crippen molar-refractivity contribution >= 4 is 23.1 Å². The van der Waals surface area contributed by atoms with Crippen LogP contribution in [0.2, 0.25) is 0 Å². The van der Waals surface area contributed by atoms with Crippen molar-refractivity contribution in [1.29, 1.82) is 0 Å². The zero-order chi connectivity index (χ0) is 19.8. The van der Waals surface area contributed by atoms with Crippen LogP contribution < -0.4 is 5.32 Å². The highest BCUT2D eigenvalue weighted by Crippen LogP contribution is 2.30. The summed E-state index contributed by atoms with van der Waals surface area (Å²) in [5, 5.41) is 21.5. The molecule has 1 aliphatic rings. The molecule has 0 saturated carbocycles. The highest BCUT2D eigenvalue weighted by atomic mass is 32.2. The number of benzene rings is 1. The number of carbonyl (C=O) groups is 2. The average molecular weight is 397 g/mol. The van der Waals surface area contributed by atoms with Gasteiger partial charge < -0.3 is 15.3 Å². The SMILES string of the molecule is CCCC[C@@H](CO[N+](=O)[O-])N(C(=O)O)[C@H]1NC(=O)SC1Cc1ccccc1. The van der Waals surface area contributed by atoms with Crippen LogP contribution >= 0.6 is 11.8 Å². The summed E-state index contributed by atoms with van der Waals surface area (Å²) in [6, 6.07) is 8.74. The molecule has 0 spiro atoms. The van der Waals surface area contributed by atoms with Gasteiger partial charge in [0.2, 0.25) is 0 Å². The minimum atomic E-state index is -1.24. The molecule has 0 bridgehead atoms. The van der Waals surface area contributed by atoms with E-state index in [2.05, 4.69) is 10.2 Å². The number of hydrogen-bond donors (Lipinski definition) is 2. The van der Waals surface area contributed by atoms with Gasteiger partial charge in [0.05, 0.1) is 11.3 Å². The number of nitrogens with one attached hydrogen (secondary N) is 1. The van der Waals surface area contributed by atoms with Gasteiger partial charge >= 0.3 is 6.09 Å². The van der Waals surface area contributed by atoms with Crippen LogP contribution in [0.15, 0.2) is 30.3 Å². The summed E-state index contributed by atoms with van der Waals surface area (Å²) in [7, 11) is 0. The summed E-state index contributed by atoms with van der Waals surface area (Å²) in [6.45, 7) is 1.58. The van der Waals surface area contributed by atoms with E-state index in [0.29, 0.717) is 19.3 Å². The monoisotopic (exact) mass is 397 g/mol. The molecule has 1 heterocycles. The predicted molar refractivity (Wildman–Crippen MR) is 100.0 cm³/mol. The Morgan fingerprint density at radius 3 is 2.74 bits per heavy atom. The van der Waals surface area contributed by atoms with Gasteiger partial charge in [-0.1, -0.05) is 61.9 Å². The smallest absolute Gasteiger partial charge is 0.409 e. The molecule has 10 heteroatoms. The van der Waals surface area contributed by atoms with E-state index in [1.807, 2.05) is 37.3 Å². The van der Waals surface area contributed by atoms with Crippen molar-refractivity contribution in [3.8, 4) is 0 Å². The van der Waals surface area contributed by atoms with E-state index in [4.69, 9.17) is 0 Å². The number of thioether (sulfide) groups is 1. The van der Waals surface area contributed by atoms with Crippen LogP contribution in [-0.2, 0) is 11.3 Å². The van der Waals surface area contributed by atoms with E-state index in [1.165, 1.54) is 0 Å². The van der Waals surface area contributed by atoms with Crippen molar-refractivity contribution in [1.82, 2.24) is 10.2 Å². The van der Waals surface area contributed by atoms with Gasteiger partial charge in [0.25, 0.3) is 10.3 Å². The molecule has 1 unspecified atom stereocenters. The van der Waals surface area contributed by atoms with Crippen LogP contribution in [0.4, 0.5) is 9.59 Å². The minimum absolute atomic E-state index is 0.309. The maximum Gasteiger partial charge on any atom is 0.409 e. The van der Waals surface area contributed by atoms with Gasteiger partial charge in [-0.15, -0.1) is 10.1 Å². The molecule has 27 heavy (non-hydrogen) atoms. The third kappa shape index (κ3) is 6.02. The second-order valence-electron chi connectivity index (χ2n) is 6.23. The zero-order valence-corrected chi connectivity index (χ0v) is 15.8. The number of hydrogen-bond acceptors (Lipinski definition) is 6. The Balaban J connectivity index is 2.22. The number of carbonyl (C=O) groups excluding carboxylic acids is 1. The first-order chi connectivity index (χ1) is 12.9. The standard InChI is InChI=1S/C17H23N3O6S/c1-2-3-9-13(11-26-20(24)25)19(17(22)23)15-14(27-16(21)18-15)10-12-7-5-4-6-8-12/h4-8,13-15H,2-3,9-11H2,1H3,(H,18,21)(H,22,23)/t13-,14?,15+/m0/s1. The Morgan fingerprint density at radius 2 is 2.15 bits per heavy atom. The second kappa shape index (κ2) is 10.0. The minimum Gasteiger partial charge on any atom is -0.465 e. The van der Waals surface area contributed by atoms with E-state index < -0.39 is 23.4 Å². The molecule has 2 amide bonds. The third-order valence-corrected chi connectivity index (χ3v) is 5.39. The molecule has 1 saturated heterocycles. The first-order valence-electron chi connectivity index (χ1n) is 8.72. The number of amides is 2. The van der Waals surface area contributed by atoms with Crippen LogP contribution in [0.3, 0.4) is 0 Å². The molecule has 1 aliphatic heterocycles. The fourth-order valence-corrected chi connectivity index (χ4v) is 4.16. The summed E-state index contributed by atoms with van der Waals surface area (Å²) < 4.78 is 0. The van der Waals surface area contributed by atoms with Crippen molar-refractivity contribution in [2.75, 3.05) is 6.61 Å². The van der Waals surface area contributed by atoms with Gasteiger partial charge in [0, 0.05) is 0 Å². The van der Waals surface area contributed by atoms with E-state index in [9.17, 15) is 24.8 Å². The number of nitrogens with zero attached hydrogens (tertiary/aromatic N) is 2. The third-order valence-electron chi connectivity index (χ3n) is 4.33. The van der Waals surface area contributed by atoms with E-state index in [-0.39, 0.29) is 17.1 Å². The Kier molecular flexibility index (Phi) is 7.71. The van der Waals surface area contributed by atoms with E-state index in [0.717, 1.165) is 28.6 Å². The summed E-state index contributed by atoms with van der Waals surface area (Å²) in [4.78, 5) is 40.1. The van der Waals surface area contributed by atoms with Crippen molar-refractivity contribution in [3.05, 3.63) is 46.0 Å². The van der Waals surface area contributed by atoms with Crippen molar-refractivity contribution in [2.45, 2.75) is 50.1 Å². The zero-order valence-electron chi connectivity index (χ0n) is 14.9. The first kappa shape index (κ1) is 20.8. The Morgan fingerprint density at radius 1 is 1.44 bits per heavy atom. The number of rotatable bonds is 10. The first-order valence-corrected chi connectivity index (χ1v) is 9.60. The molecule has 1 fully saturated rings. The van der Waals surface area contributed by atoms with Gasteiger partial charge in [0.1, 0.15) is 12.8 Å². The molecule has 0 aromatic heterocycles. The fourth-order valence-electron chi connectivity index (χ4n) is 3.09. The van der Waals surface area contributed by atoms with Crippen LogP contribution in [-0.4, -0.2) is 50.5 Å². The number of carboxylic acid groups (broad SMARTS) is 1. The Bertz CT molecular complexity index is 659. The summed E-state index contributed by atoms with van der Waals surface area (Å²) in [6.07, 6.45) is 0.376. The maximum absolute atomic E-state index is 12.0. The number of unbranched alkanes of at least 4 members (excludes halogenated alkanes) is 1. The quantitative estimate of drug-likeness (QED) is 0.459. The highest BCUT2D eigenvalue weighted by molar-refractivity contribution is 8.14. The average Bonchev–Trinajstić information content (AvgIpc) is 2.97. The van der Waals surface area contributed by atoms with Crippen molar-refractivity contribution in [3.63, 3.8) is 0 Å². The Labute approximate surface area is 161 Å². The molecule has 0 aliphatic carbocycles. The topological polar surface area (TPSA) is 122 Å². The second-order valence-corrected chi connectivity index (χ2v) is 7.44. The lowest BCUT2D eigenvalue weighted by Crippen LogP contribution is -2.56. The fraction of sp³-hybridized carbons (Fsp3) is 0.529. The molecule has 1 aromatic rings. The molecular formula is C17H23N3O6S. The van der Waals surface area contributed by atoms with E-state index in [1.54, 1.807) is 0 Å². The predicted octanol–water partition coefficient (Wildman–Crippen LogP) is 3.13. The molecule has 1 aromatic carbocycles. The van der Waals surface area contributed by atoms with E-state index >= 15 is 0 Å². The highest BCUT2D eigenvalue weighted by Gasteiger charge is 2.42. The molecule has 9 nitrogen and oxygen atoms in total. The lowest BCUT2D eigenvalue weighted by atomic mass is 10.0. The van der Waals surface area contributed by atoms with Crippen molar-refractivity contribution in [2.24, 2.45) is 0 Å². The van der Waals surface area contributed by atoms with Gasteiger partial charge in [-0.3, -0.25) is 9.69 Å². The molecule has 0 radical (unpaired) electrons. The largest absolute Gasteiger partial charge is 0.465 e. The summed E-state index contributed by atoms with van der Waals surface area (Å²) in [5.74, 6) is 0. The van der Waals surface area contributed by atoms with Gasteiger partial charge in [-0.25, -0.2) is 4.79 Å². The lowest BCUT2D eigenvalue weighted by molar-refractivity contribution is -0.758. The molecule has 2 rings (SSSR count). The van der Waals surface area contributed by atoms with Crippen LogP contribution in [0.25, 0.3) is 0 Å². The van der Waals surface area contributed by atoms with Crippen molar-refractivity contribution < 1.29 is 24.6 Å². The van der Waals surface area contributed by atoms with Gasteiger partial charge in [-0.05, 0) is 18.4 Å². The Hall–Kier alpha value is -2.49. The van der Waals surface area contributed by atoms with Gasteiger partial charge in [-0.2, -0.15) is 0 Å². The molecule has 2 N–H and O–H groups in total. The van der Waals surface area contributed by atoms with Crippen LogP contribution in [0.5, 0.6) is 0 Å². The van der Waals surface area contributed by atoms with Crippen LogP contribution in [0, 0.1) is 10.1 Å². The normalized spacial score (nSPS) is 20.0. The lowest BCUT2D eigenvalue weighted by Gasteiger charge is -2.35. The molecule has 3 atom stereocenters. The molecule has 148 valence electrons. The molecular weight excluding hydrogens is 374 g/mol. The van der Waals surface area contributed by atoms with Gasteiger partial charge in [0.15, 0.2) is 0 Å². The summed E-state index contributed by atoms with van der Waals surface area (Å²) in [5.41, 5.74) is 0.980.